The van der Waals surface area contributed by atoms with Crippen LogP contribution in [-0.4, -0.2) is 0 Å². The maximum Gasteiger partial charge on any atom is 0.0513 e. The zero-order valence-corrected chi connectivity index (χ0v) is 11.2. The summed E-state index contributed by atoms with van der Waals surface area (Å²) in [4.78, 5) is 0. The van der Waals surface area contributed by atoms with Crippen molar-refractivity contribution in [2.45, 2.75) is 44.9 Å². The van der Waals surface area contributed by atoms with Crippen molar-refractivity contribution >= 4 is 17.7 Å². The predicted octanol–water partition coefficient (Wildman–Crippen LogP) is 5.20. The molecule has 2 aliphatic carbocycles. The van der Waals surface area contributed by atoms with Gasteiger partial charge in [-0.2, -0.15) is 0 Å². The van der Waals surface area contributed by atoms with Crippen molar-refractivity contribution in [3.63, 3.8) is 0 Å². The molecule has 1 saturated carbocycles. The van der Waals surface area contributed by atoms with E-state index in [1.54, 1.807) is 0 Å². The Balaban J connectivity index is 2.14. The monoisotopic (exact) mass is 246 g/mol. The first-order valence-corrected chi connectivity index (χ1v) is 6.97. The third-order valence-electron chi connectivity index (χ3n) is 4.93. The van der Waals surface area contributed by atoms with Gasteiger partial charge in [-0.3, -0.25) is 0 Å². The van der Waals surface area contributed by atoms with Gasteiger partial charge in [-0.15, -0.1) is 0 Å². The third kappa shape index (κ3) is 1.57. The molecule has 0 heterocycles. The molecule has 1 aromatic rings. The van der Waals surface area contributed by atoms with Gasteiger partial charge in [0.15, 0.2) is 0 Å². The third-order valence-corrected chi connectivity index (χ3v) is 5.38. The fourth-order valence-electron chi connectivity index (χ4n) is 3.87. The molecule has 2 atom stereocenters. The standard InChI is InChI=1S/C16H19Cl/c1-3-11-6-7-12-13(15(11)17)8-10-16(2)9-4-5-14(12)16/h3,6-7,14H,1,4-5,8-10H2,2H3/t14-,16+/m0/s1. The lowest BCUT2D eigenvalue weighted by Gasteiger charge is -2.38. The summed E-state index contributed by atoms with van der Waals surface area (Å²) in [5.74, 6) is 0.739. The summed E-state index contributed by atoms with van der Waals surface area (Å²) < 4.78 is 0. The molecule has 0 amide bonds. The lowest BCUT2D eigenvalue weighted by Crippen LogP contribution is -2.26. The number of hydrogen-bond acceptors (Lipinski definition) is 0. The average Bonchev–Trinajstić information content (AvgIpc) is 2.71. The van der Waals surface area contributed by atoms with Crippen LogP contribution in [0.25, 0.3) is 6.08 Å². The van der Waals surface area contributed by atoms with E-state index in [4.69, 9.17) is 11.6 Å². The Kier molecular flexibility index (Phi) is 2.59. The SMILES string of the molecule is C=Cc1ccc2c(c1Cl)CC[C@@]1(C)CCC[C@@H]21. The van der Waals surface area contributed by atoms with Gasteiger partial charge in [-0.1, -0.05) is 49.7 Å². The highest BCUT2D eigenvalue weighted by Gasteiger charge is 2.43. The lowest BCUT2D eigenvalue weighted by atomic mass is 9.67. The quantitative estimate of drug-likeness (QED) is 0.639. The maximum absolute atomic E-state index is 6.49. The molecule has 17 heavy (non-hydrogen) atoms. The van der Waals surface area contributed by atoms with E-state index in [-0.39, 0.29) is 0 Å². The van der Waals surface area contributed by atoms with Crippen LogP contribution in [0.1, 0.15) is 55.2 Å². The molecule has 0 radical (unpaired) electrons. The van der Waals surface area contributed by atoms with Gasteiger partial charge in [-0.25, -0.2) is 0 Å². The van der Waals surface area contributed by atoms with Gasteiger partial charge >= 0.3 is 0 Å². The second kappa shape index (κ2) is 3.88. The number of halogens is 1. The van der Waals surface area contributed by atoms with Crippen LogP contribution in [0.2, 0.25) is 5.02 Å². The van der Waals surface area contributed by atoms with E-state index in [0.29, 0.717) is 5.41 Å². The number of hydrogen-bond donors (Lipinski definition) is 0. The van der Waals surface area contributed by atoms with Crippen LogP contribution >= 0.6 is 11.6 Å². The van der Waals surface area contributed by atoms with Gasteiger partial charge in [0, 0.05) is 0 Å². The molecular weight excluding hydrogens is 228 g/mol. The minimum atomic E-state index is 0.534. The first kappa shape index (κ1) is 11.3. The summed E-state index contributed by atoms with van der Waals surface area (Å²) in [5, 5.41) is 0.950. The van der Waals surface area contributed by atoms with Gasteiger partial charge in [-0.05, 0) is 53.7 Å². The van der Waals surface area contributed by atoms with E-state index in [1.807, 2.05) is 6.08 Å². The van der Waals surface area contributed by atoms with Crippen LogP contribution in [0.3, 0.4) is 0 Å². The van der Waals surface area contributed by atoms with Crippen LogP contribution in [0.5, 0.6) is 0 Å². The minimum Gasteiger partial charge on any atom is -0.0984 e. The zero-order chi connectivity index (χ0) is 12.0. The van der Waals surface area contributed by atoms with Crippen molar-refractivity contribution in [3.8, 4) is 0 Å². The van der Waals surface area contributed by atoms with Crippen LogP contribution in [0, 0.1) is 5.41 Å². The van der Waals surface area contributed by atoms with Crippen LogP contribution in [0.15, 0.2) is 18.7 Å². The van der Waals surface area contributed by atoms with Gasteiger partial charge < -0.3 is 0 Å². The summed E-state index contributed by atoms with van der Waals surface area (Å²) in [5.41, 5.74) is 4.54. The Bertz CT molecular complexity index is 475. The minimum absolute atomic E-state index is 0.534. The first-order valence-electron chi connectivity index (χ1n) is 6.59. The van der Waals surface area contributed by atoms with Gasteiger partial charge in [0.25, 0.3) is 0 Å². The first-order chi connectivity index (χ1) is 8.15. The molecule has 0 bridgehead atoms. The molecule has 2 aliphatic rings. The highest BCUT2D eigenvalue weighted by Crippen LogP contribution is 2.56. The normalized spacial score (nSPS) is 30.8. The predicted molar refractivity (Wildman–Crippen MR) is 74.6 cm³/mol. The van der Waals surface area contributed by atoms with Gasteiger partial charge in [0.2, 0.25) is 0 Å². The van der Waals surface area contributed by atoms with Gasteiger partial charge in [0.1, 0.15) is 0 Å². The Morgan fingerprint density at radius 1 is 1.41 bits per heavy atom. The average molecular weight is 247 g/mol. The molecule has 0 N–H and O–H groups in total. The number of rotatable bonds is 1. The van der Waals surface area contributed by atoms with Crippen molar-refractivity contribution in [3.05, 3.63) is 40.4 Å². The van der Waals surface area contributed by atoms with Crippen molar-refractivity contribution < 1.29 is 0 Å². The fourth-order valence-corrected chi connectivity index (χ4v) is 4.21. The number of fused-ring (bicyclic) bond motifs is 3. The van der Waals surface area contributed by atoms with E-state index in [9.17, 15) is 0 Å². The molecule has 3 rings (SSSR count). The lowest BCUT2D eigenvalue weighted by molar-refractivity contribution is 0.252. The van der Waals surface area contributed by atoms with Crippen LogP contribution in [0.4, 0.5) is 0 Å². The van der Waals surface area contributed by atoms with E-state index in [0.717, 1.165) is 22.9 Å². The zero-order valence-electron chi connectivity index (χ0n) is 10.4. The van der Waals surface area contributed by atoms with E-state index < -0.39 is 0 Å². The molecule has 90 valence electrons. The fraction of sp³-hybridized carbons (Fsp3) is 0.500. The molecule has 0 spiro atoms. The van der Waals surface area contributed by atoms with Crippen molar-refractivity contribution in [2.75, 3.05) is 0 Å². The highest BCUT2D eigenvalue weighted by molar-refractivity contribution is 6.33. The van der Waals surface area contributed by atoms with Crippen LogP contribution in [-0.2, 0) is 6.42 Å². The molecule has 0 aliphatic heterocycles. The molecule has 0 saturated heterocycles. The van der Waals surface area contributed by atoms with Crippen LogP contribution < -0.4 is 0 Å². The summed E-state index contributed by atoms with van der Waals surface area (Å²) in [6.07, 6.45) is 8.41. The van der Waals surface area contributed by atoms with Crippen molar-refractivity contribution in [2.24, 2.45) is 5.41 Å². The second-order valence-corrected chi connectivity index (χ2v) is 6.22. The molecule has 0 aromatic heterocycles. The molecule has 1 fully saturated rings. The van der Waals surface area contributed by atoms with E-state index >= 15 is 0 Å². The smallest absolute Gasteiger partial charge is 0.0513 e. The summed E-state index contributed by atoms with van der Waals surface area (Å²) in [7, 11) is 0. The largest absolute Gasteiger partial charge is 0.0984 e. The Morgan fingerprint density at radius 2 is 2.24 bits per heavy atom. The molecule has 1 aromatic carbocycles. The Hall–Kier alpha value is -0.750. The van der Waals surface area contributed by atoms with Gasteiger partial charge in [0.05, 0.1) is 5.02 Å². The van der Waals surface area contributed by atoms with E-state index in [1.165, 1.54) is 36.8 Å². The van der Waals surface area contributed by atoms with Crippen molar-refractivity contribution in [1.82, 2.24) is 0 Å². The topological polar surface area (TPSA) is 0 Å². The van der Waals surface area contributed by atoms with E-state index in [2.05, 4.69) is 25.6 Å². The summed E-state index contributed by atoms with van der Waals surface area (Å²) in [6.45, 7) is 6.30. The molecule has 0 nitrogen and oxygen atoms in total. The second-order valence-electron chi connectivity index (χ2n) is 5.84. The molecule has 0 unspecified atom stereocenters. The maximum atomic E-state index is 6.49. The summed E-state index contributed by atoms with van der Waals surface area (Å²) >= 11 is 6.49. The van der Waals surface area contributed by atoms with Crippen molar-refractivity contribution in [1.29, 1.82) is 0 Å². The number of benzene rings is 1. The molecule has 1 heteroatoms. The Labute approximate surface area is 109 Å². The molecular formula is C16H19Cl. The highest BCUT2D eigenvalue weighted by atomic mass is 35.5. The summed E-state index contributed by atoms with van der Waals surface area (Å²) in [6, 6.07) is 4.43. The Morgan fingerprint density at radius 3 is 3.00 bits per heavy atom.